The van der Waals surface area contributed by atoms with Crippen molar-refractivity contribution in [1.82, 2.24) is 4.90 Å². The Morgan fingerprint density at radius 3 is 3.00 bits per heavy atom. The zero-order valence-electron chi connectivity index (χ0n) is 9.75. The van der Waals surface area contributed by atoms with Gasteiger partial charge in [-0.05, 0) is 53.4 Å². The van der Waals surface area contributed by atoms with E-state index in [0.29, 0.717) is 5.88 Å². The summed E-state index contributed by atoms with van der Waals surface area (Å²) in [5, 5.41) is 0. The Morgan fingerprint density at radius 2 is 2.35 bits per heavy atom. The highest BCUT2D eigenvalue weighted by molar-refractivity contribution is 9.10. The van der Waals surface area contributed by atoms with E-state index >= 15 is 0 Å². The van der Waals surface area contributed by atoms with Gasteiger partial charge in [-0.3, -0.25) is 4.79 Å². The molecule has 0 bridgehead atoms. The Labute approximate surface area is 115 Å². The molecule has 2 rings (SSSR count). The van der Waals surface area contributed by atoms with Gasteiger partial charge in [-0.2, -0.15) is 0 Å². The van der Waals surface area contributed by atoms with Crippen molar-refractivity contribution in [1.29, 1.82) is 0 Å². The smallest absolute Gasteiger partial charge is 0.255 e. The lowest BCUT2D eigenvalue weighted by molar-refractivity contribution is 0.0748. The first kappa shape index (κ1) is 12.9. The third-order valence-corrected chi connectivity index (χ3v) is 4.18. The molecule has 1 aliphatic heterocycles. The summed E-state index contributed by atoms with van der Waals surface area (Å²) < 4.78 is 0.864. The fourth-order valence-electron chi connectivity index (χ4n) is 2.21. The summed E-state index contributed by atoms with van der Waals surface area (Å²) in [4.78, 5) is 14.3. The summed E-state index contributed by atoms with van der Waals surface area (Å²) in [5.74, 6) is 0.606. The number of carbonyl (C=O) groups is 1. The normalized spacial score (nSPS) is 19.7. The molecule has 1 aliphatic rings. The van der Waals surface area contributed by atoms with Gasteiger partial charge in [0.15, 0.2) is 0 Å². The van der Waals surface area contributed by atoms with Crippen molar-refractivity contribution in [2.75, 3.05) is 12.4 Å². The number of nitrogens with zero attached hydrogens (tertiary/aromatic N) is 1. The van der Waals surface area contributed by atoms with Crippen molar-refractivity contribution in [3.63, 3.8) is 0 Å². The second-order valence-corrected chi connectivity index (χ2v) is 5.60. The van der Waals surface area contributed by atoms with Crippen LogP contribution in [0, 0.1) is 6.92 Å². The van der Waals surface area contributed by atoms with Crippen molar-refractivity contribution in [3.8, 4) is 0 Å². The lowest BCUT2D eigenvalue weighted by Gasteiger charge is -2.23. The van der Waals surface area contributed by atoms with Gasteiger partial charge >= 0.3 is 0 Å². The van der Waals surface area contributed by atoms with E-state index in [1.54, 1.807) is 0 Å². The number of halogens is 2. The number of carbonyl (C=O) groups excluding carboxylic acids is 1. The maximum Gasteiger partial charge on any atom is 0.255 e. The molecule has 0 radical (unpaired) electrons. The average molecular weight is 317 g/mol. The maximum absolute atomic E-state index is 12.4. The van der Waals surface area contributed by atoms with Crippen LogP contribution in [-0.2, 0) is 0 Å². The second-order valence-electron chi connectivity index (χ2n) is 4.43. The molecule has 1 heterocycles. The van der Waals surface area contributed by atoms with E-state index in [9.17, 15) is 4.79 Å². The first-order chi connectivity index (χ1) is 8.13. The predicted molar refractivity (Wildman–Crippen MR) is 73.7 cm³/mol. The van der Waals surface area contributed by atoms with Crippen LogP contribution in [0.1, 0.15) is 28.8 Å². The van der Waals surface area contributed by atoms with E-state index < -0.39 is 0 Å². The molecular formula is C13H15BrClNO. The third kappa shape index (κ3) is 2.66. The lowest BCUT2D eigenvalue weighted by Crippen LogP contribution is -2.36. The Morgan fingerprint density at radius 1 is 1.59 bits per heavy atom. The van der Waals surface area contributed by atoms with Gasteiger partial charge in [0.1, 0.15) is 0 Å². The molecule has 1 unspecified atom stereocenters. The number of rotatable bonds is 2. The molecule has 1 fully saturated rings. The summed E-state index contributed by atoms with van der Waals surface area (Å²) in [5.41, 5.74) is 1.87. The van der Waals surface area contributed by atoms with E-state index in [2.05, 4.69) is 15.9 Å². The average Bonchev–Trinajstić information content (AvgIpc) is 2.76. The fourth-order valence-corrected chi connectivity index (χ4v) is 3.20. The molecule has 0 aliphatic carbocycles. The van der Waals surface area contributed by atoms with E-state index in [-0.39, 0.29) is 11.9 Å². The Kier molecular flexibility index (Phi) is 4.10. The van der Waals surface area contributed by atoms with Crippen LogP contribution in [-0.4, -0.2) is 29.3 Å². The predicted octanol–water partition coefficient (Wildman–Crippen LogP) is 3.60. The standard InChI is InChI=1S/C13H15BrClNO/c1-9-4-5-11(12(14)7-9)13(17)16-6-2-3-10(16)8-15/h4-5,7,10H,2-3,6,8H2,1H3. The molecule has 0 spiro atoms. The first-order valence-electron chi connectivity index (χ1n) is 5.76. The third-order valence-electron chi connectivity index (χ3n) is 3.17. The fraction of sp³-hybridized carbons (Fsp3) is 0.462. The van der Waals surface area contributed by atoms with Gasteiger partial charge in [-0.25, -0.2) is 0 Å². The van der Waals surface area contributed by atoms with Crippen LogP contribution in [0.4, 0.5) is 0 Å². The van der Waals surface area contributed by atoms with Crippen LogP contribution in [0.2, 0.25) is 0 Å². The minimum Gasteiger partial charge on any atom is -0.334 e. The number of hydrogen-bond acceptors (Lipinski definition) is 1. The summed E-state index contributed by atoms with van der Waals surface area (Å²) in [7, 11) is 0. The molecule has 92 valence electrons. The molecule has 1 atom stereocenters. The minimum atomic E-state index is 0.0834. The quantitative estimate of drug-likeness (QED) is 0.763. The first-order valence-corrected chi connectivity index (χ1v) is 7.09. The summed E-state index contributed by atoms with van der Waals surface area (Å²) >= 11 is 9.35. The molecular weight excluding hydrogens is 302 g/mol. The van der Waals surface area contributed by atoms with Gasteiger partial charge in [-0.1, -0.05) is 6.07 Å². The highest BCUT2D eigenvalue weighted by Gasteiger charge is 2.29. The lowest BCUT2D eigenvalue weighted by atomic mass is 10.1. The summed E-state index contributed by atoms with van der Waals surface area (Å²) in [6.07, 6.45) is 2.06. The van der Waals surface area contributed by atoms with Crippen LogP contribution in [0.25, 0.3) is 0 Å². The maximum atomic E-state index is 12.4. The van der Waals surface area contributed by atoms with Crippen LogP contribution in [0.3, 0.4) is 0 Å². The van der Waals surface area contributed by atoms with Gasteiger partial charge in [0.05, 0.1) is 5.56 Å². The highest BCUT2D eigenvalue weighted by atomic mass is 79.9. The van der Waals surface area contributed by atoms with E-state index in [0.717, 1.165) is 35.0 Å². The summed E-state index contributed by atoms with van der Waals surface area (Å²) in [6, 6.07) is 6.01. The largest absolute Gasteiger partial charge is 0.334 e. The molecule has 0 N–H and O–H groups in total. The Hall–Kier alpha value is -0.540. The SMILES string of the molecule is Cc1ccc(C(=O)N2CCCC2CCl)c(Br)c1. The number of benzene rings is 1. The molecule has 1 amide bonds. The summed E-state index contributed by atoms with van der Waals surface area (Å²) in [6.45, 7) is 2.83. The highest BCUT2D eigenvalue weighted by Crippen LogP contribution is 2.25. The van der Waals surface area contributed by atoms with Crippen LogP contribution < -0.4 is 0 Å². The van der Waals surface area contributed by atoms with E-state index in [1.807, 2.05) is 30.0 Å². The molecule has 1 saturated heterocycles. The van der Waals surface area contributed by atoms with Crippen molar-refractivity contribution < 1.29 is 4.79 Å². The van der Waals surface area contributed by atoms with E-state index in [1.165, 1.54) is 0 Å². The topological polar surface area (TPSA) is 20.3 Å². The van der Waals surface area contributed by atoms with Crippen LogP contribution in [0.15, 0.2) is 22.7 Å². The molecule has 2 nitrogen and oxygen atoms in total. The van der Waals surface area contributed by atoms with Gasteiger partial charge in [-0.15, -0.1) is 11.6 Å². The molecule has 0 saturated carbocycles. The zero-order valence-corrected chi connectivity index (χ0v) is 12.1. The van der Waals surface area contributed by atoms with Crippen LogP contribution >= 0.6 is 27.5 Å². The number of amides is 1. The number of alkyl halides is 1. The second kappa shape index (κ2) is 5.40. The minimum absolute atomic E-state index is 0.0834. The Bertz CT molecular complexity index is 435. The van der Waals surface area contributed by atoms with E-state index in [4.69, 9.17) is 11.6 Å². The van der Waals surface area contributed by atoms with Crippen molar-refractivity contribution in [2.24, 2.45) is 0 Å². The number of likely N-dealkylation sites (tertiary alicyclic amines) is 1. The zero-order chi connectivity index (χ0) is 12.4. The molecule has 0 aromatic heterocycles. The molecule has 1 aromatic rings. The van der Waals surface area contributed by atoms with Crippen molar-refractivity contribution in [3.05, 3.63) is 33.8 Å². The monoisotopic (exact) mass is 315 g/mol. The van der Waals surface area contributed by atoms with Gasteiger partial charge in [0.2, 0.25) is 0 Å². The molecule has 1 aromatic carbocycles. The molecule has 4 heteroatoms. The van der Waals surface area contributed by atoms with Gasteiger partial charge < -0.3 is 4.90 Å². The number of aryl methyl sites for hydroxylation is 1. The molecule has 17 heavy (non-hydrogen) atoms. The van der Waals surface area contributed by atoms with Gasteiger partial charge in [0, 0.05) is 22.9 Å². The van der Waals surface area contributed by atoms with Crippen LogP contribution in [0.5, 0.6) is 0 Å². The number of hydrogen-bond donors (Lipinski definition) is 0. The Balaban J connectivity index is 2.24. The van der Waals surface area contributed by atoms with Gasteiger partial charge in [0.25, 0.3) is 5.91 Å². The van der Waals surface area contributed by atoms with Crippen molar-refractivity contribution in [2.45, 2.75) is 25.8 Å². The van der Waals surface area contributed by atoms with Crippen molar-refractivity contribution >= 4 is 33.4 Å².